The van der Waals surface area contributed by atoms with Crippen molar-refractivity contribution in [1.29, 1.82) is 0 Å². The molecule has 0 aliphatic carbocycles. The predicted octanol–water partition coefficient (Wildman–Crippen LogP) is 1.24. The average Bonchev–Trinajstić information content (AvgIpc) is 3.07. The molecule has 0 fully saturated rings. The number of carbonyl (C=O) groups is 2. The summed E-state index contributed by atoms with van der Waals surface area (Å²) in [7, 11) is 0. The van der Waals surface area contributed by atoms with Crippen LogP contribution in [-0.4, -0.2) is 38.8 Å². The zero-order chi connectivity index (χ0) is 18.5. The van der Waals surface area contributed by atoms with Crippen LogP contribution in [0.3, 0.4) is 0 Å². The van der Waals surface area contributed by atoms with Gasteiger partial charge in [-0.3, -0.25) is 0 Å². The topological polar surface area (TPSA) is 145 Å². The zero-order valence-electron chi connectivity index (χ0n) is 13.8. The smallest absolute Gasteiger partial charge is 0.338 e. The van der Waals surface area contributed by atoms with Crippen LogP contribution in [0.25, 0.3) is 11.3 Å². The first-order valence-corrected chi connectivity index (χ1v) is 7.55. The van der Waals surface area contributed by atoms with Crippen LogP contribution in [0.2, 0.25) is 0 Å². The Kier molecular flexibility index (Phi) is 4.87. The predicted molar refractivity (Wildman–Crippen MR) is 87.0 cm³/mol. The third-order valence-corrected chi connectivity index (χ3v) is 3.07. The molecule has 26 heavy (non-hydrogen) atoms. The Bertz CT molecular complexity index is 1010. The Morgan fingerprint density at radius 3 is 2.73 bits per heavy atom. The minimum atomic E-state index is -0.596. The Morgan fingerprint density at radius 2 is 2.04 bits per heavy atom. The molecule has 0 amide bonds. The Labute approximate surface area is 146 Å². The molecule has 2 heterocycles. The number of anilines is 2. The SMILES string of the molecule is CCOC(=O)c1ccc(Nc2nc3nonc3[nH]/c2=N\OC(C)=O)cc1. The highest BCUT2D eigenvalue weighted by molar-refractivity contribution is 5.89. The van der Waals surface area contributed by atoms with E-state index in [1.165, 1.54) is 6.92 Å². The molecule has 0 saturated heterocycles. The molecule has 0 bridgehead atoms. The van der Waals surface area contributed by atoms with E-state index in [0.29, 0.717) is 17.9 Å². The quantitative estimate of drug-likeness (QED) is 0.391. The van der Waals surface area contributed by atoms with Gasteiger partial charge in [-0.15, -0.1) is 0 Å². The van der Waals surface area contributed by atoms with Gasteiger partial charge in [-0.25, -0.2) is 19.2 Å². The second-order valence-electron chi connectivity index (χ2n) is 4.97. The molecule has 3 aromatic rings. The molecule has 134 valence electrons. The van der Waals surface area contributed by atoms with Gasteiger partial charge in [0.1, 0.15) is 0 Å². The molecular formula is C15H14N6O5. The van der Waals surface area contributed by atoms with Crippen LogP contribution < -0.4 is 10.8 Å². The minimum Gasteiger partial charge on any atom is -0.462 e. The molecule has 3 rings (SSSR count). The van der Waals surface area contributed by atoms with E-state index in [4.69, 9.17) is 4.74 Å². The van der Waals surface area contributed by atoms with Crippen LogP contribution in [-0.2, 0) is 14.4 Å². The summed E-state index contributed by atoms with van der Waals surface area (Å²) in [6, 6.07) is 6.52. The van der Waals surface area contributed by atoms with Crippen molar-refractivity contribution < 1.29 is 23.8 Å². The van der Waals surface area contributed by atoms with Gasteiger partial charge in [0.15, 0.2) is 5.82 Å². The van der Waals surface area contributed by atoms with Gasteiger partial charge in [-0.05, 0) is 41.5 Å². The molecule has 11 heteroatoms. The molecular weight excluding hydrogens is 344 g/mol. The molecule has 0 atom stereocenters. The van der Waals surface area contributed by atoms with Crippen molar-refractivity contribution in [1.82, 2.24) is 20.3 Å². The Morgan fingerprint density at radius 1 is 1.27 bits per heavy atom. The summed E-state index contributed by atoms with van der Waals surface area (Å²) in [5.74, 6) is -0.786. The zero-order valence-corrected chi connectivity index (χ0v) is 13.8. The standard InChI is InChI=1S/C15H14N6O5/c1-3-24-15(23)9-4-6-10(7-5-9)16-11-12(19-25-8(2)22)18-14-13(17-11)20-26-21-14/h4-7H,3H2,1-2H3,(H,16,17,20)(H,18,19,21). The fourth-order valence-corrected chi connectivity index (χ4v) is 1.97. The maximum atomic E-state index is 11.7. The second-order valence-corrected chi connectivity index (χ2v) is 4.97. The van der Waals surface area contributed by atoms with E-state index in [9.17, 15) is 9.59 Å². The van der Waals surface area contributed by atoms with Gasteiger partial charge in [0, 0.05) is 12.6 Å². The third-order valence-electron chi connectivity index (χ3n) is 3.07. The van der Waals surface area contributed by atoms with Crippen molar-refractivity contribution in [2.24, 2.45) is 5.16 Å². The second kappa shape index (κ2) is 7.42. The van der Waals surface area contributed by atoms with Crippen molar-refractivity contribution in [3.63, 3.8) is 0 Å². The van der Waals surface area contributed by atoms with E-state index in [1.807, 2.05) is 0 Å². The third kappa shape index (κ3) is 3.83. The summed E-state index contributed by atoms with van der Waals surface area (Å²) >= 11 is 0. The lowest BCUT2D eigenvalue weighted by atomic mass is 10.2. The number of hydrogen-bond donors (Lipinski definition) is 2. The molecule has 11 nitrogen and oxygen atoms in total. The highest BCUT2D eigenvalue weighted by Gasteiger charge is 2.10. The van der Waals surface area contributed by atoms with E-state index in [-0.39, 0.29) is 22.6 Å². The number of nitrogens with one attached hydrogen (secondary N) is 2. The molecule has 0 radical (unpaired) electrons. The lowest BCUT2D eigenvalue weighted by Gasteiger charge is -2.07. The maximum absolute atomic E-state index is 11.7. The van der Waals surface area contributed by atoms with Crippen LogP contribution in [0.4, 0.5) is 11.5 Å². The van der Waals surface area contributed by atoms with Crippen LogP contribution in [0, 0.1) is 0 Å². The van der Waals surface area contributed by atoms with Crippen LogP contribution in [0.5, 0.6) is 0 Å². The van der Waals surface area contributed by atoms with Crippen LogP contribution >= 0.6 is 0 Å². The van der Waals surface area contributed by atoms with Crippen molar-refractivity contribution >= 4 is 34.7 Å². The van der Waals surface area contributed by atoms with Crippen molar-refractivity contribution in [2.45, 2.75) is 13.8 Å². The van der Waals surface area contributed by atoms with Gasteiger partial charge in [-0.2, -0.15) is 0 Å². The molecule has 0 aliphatic heterocycles. The largest absolute Gasteiger partial charge is 0.462 e. The van der Waals surface area contributed by atoms with E-state index in [1.54, 1.807) is 31.2 Å². The maximum Gasteiger partial charge on any atom is 0.338 e. The number of aromatic amines is 1. The monoisotopic (exact) mass is 358 g/mol. The van der Waals surface area contributed by atoms with E-state index >= 15 is 0 Å². The van der Waals surface area contributed by atoms with Crippen molar-refractivity contribution in [3.05, 3.63) is 35.3 Å². The van der Waals surface area contributed by atoms with E-state index in [2.05, 4.69) is 40.2 Å². The van der Waals surface area contributed by atoms with Crippen LogP contribution in [0.15, 0.2) is 34.1 Å². The lowest BCUT2D eigenvalue weighted by Crippen LogP contribution is -2.17. The number of benzene rings is 1. The van der Waals surface area contributed by atoms with Crippen molar-refractivity contribution in [2.75, 3.05) is 11.9 Å². The highest BCUT2D eigenvalue weighted by Crippen LogP contribution is 2.15. The fraction of sp³-hybridized carbons (Fsp3) is 0.200. The van der Waals surface area contributed by atoms with E-state index < -0.39 is 11.9 Å². The lowest BCUT2D eigenvalue weighted by molar-refractivity contribution is -0.141. The Hall–Kier alpha value is -3.76. The summed E-state index contributed by atoms with van der Waals surface area (Å²) in [4.78, 5) is 34.3. The minimum absolute atomic E-state index is 0.109. The Balaban J connectivity index is 1.92. The summed E-state index contributed by atoms with van der Waals surface area (Å²) in [6.07, 6.45) is 0. The molecule has 0 spiro atoms. The molecule has 2 aromatic heterocycles. The number of rotatable bonds is 5. The first-order chi connectivity index (χ1) is 12.6. The number of esters is 1. The summed E-state index contributed by atoms with van der Waals surface area (Å²) in [6.45, 7) is 3.25. The van der Waals surface area contributed by atoms with Gasteiger partial charge in [0.25, 0.3) is 0 Å². The van der Waals surface area contributed by atoms with Crippen molar-refractivity contribution in [3.8, 4) is 0 Å². The number of carbonyl (C=O) groups excluding carboxylic acids is 2. The molecule has 0 aliphatic rings. The molecule has 1 aromatic carbocycles. The van der Waals surface area contributed by atoms with Gasteiger partial charge in [-0.1, -0.05) is 5.16 Å². The van der Waals surface area contributed by atoms with Gasteiger partial charge in [0.05, 0.1) is 12.2 Å². The number of ether oxygens (including phenoxy) is 1. The first-order valence-electron chi connectivity index (χ1n) is 7.55. The number of fused-ring (bicyclic) bond motifs is 1. The number of aromatic nitrogens is 4. The van der Waals surface area contributed by atoms with Gasteiger partial charge >= 0.3 is 11.9 Å². The molecule has 2 N–H and O–H groups in total. The summed E-state index contributed by atoms with van der Waals surface area (Å²) in [5.41, 5.74) is 1.57. The number of hydrogen-bond acceptors (Lipinski definition) is 10. The summed E-state index contributed by atoms with van der Waals surface area (Å²) in [5, 5.41) is 13.9. The summed E-state index contributed by atoms with van der Waals surface area (Å²) < 4.78 is 9.53. The van der Waals surface area contributed by atoms with Gasteiger partial charge < -0.3 is 19.9 Å². The molecule has 0 saturated carbocycles. The van der Waals surface area contributed by atoms with E-state index in [0.717, 1.165) is 0 Å². The highest BCUT2D eigenvalue weighted by atomic mass is 16.7. The number of nitrogens with zero attached hydrogens (tertiary/aromatic N) is 4. The normalized spacial score (nSPS) is 11.4. The first kappa shape index (κ1) is 17.1. The van der Waals surface area contributed by atoms with Crippen LogP contribution in [0.1, 0.15) is 24.2 Å². The number of H-pyrrole nitrogens is 1. The molecule has 0 unspecified atom stereocenters. The van der Waals surface area contributed by atoms with Gasteiger partial charge in [0.2, 0.25) is 16.8 Å². The fourth-order valence-electron chi connectivity index (χ4n) is 1.97. The average molecular weight is 358 g/mol.